The predicted octanol–water partition coefficient (Wildman–Crippen LogP) is 3.65. The Bertz CT molecular complexity index is 535. The fraction of sp³-hybridized carbons (Fsp3) is 0.333. The first kappa shape index (κ1) is 13.3. The van der Waals surface area contributed by atoms with Crippen LogP contribution in [0.25, 0.3) is 0 Å². The second-order valence-electron chi connectivity index (χ2n) is 5.41. The molecule has 1 heterocycles. The van der Waals surface area contributed by atoms with Crippen molar-refractivity contribution in [3.05, 3.63) is 71.3 Å². The third-order valence-corrected chi connectivity index (χ3v) is 4.10. The Labute approximate surface area is 120 Å². The topological polar surface area (TPSA) is 21.3 Å². The molecular formula is C18H21NO. The van der Waals surface area contributed by atoms with Crippen LogP contribution < -0.4 is 5.32 Å². The van der Waals surface area contributed by atoms with E-state index in [0.717, 1.165) is 6.54 Å². The van der Waals surface area contributed by atoms with Gasteiger partial charge in [0.05, 0.1) is 6.61 Å². The summed E-state index contributed by atoms with van der Waals surface area (Å²) in [5.41, 5.74) is 4.04. The molecule has 0 aliphatic carbocycles. The molecule has 2 aromatic carbocycles. The van der Waals surface area contributed by atoms with Crippen molar-refractivity contribution in [2.45, 2.75) is 25.0 Å². The zero-order chi connectivity index (χ0) is 13.8. The molecule has 0 radical (unpaired) electrons. The van der Waals surface area contributed by atoms with E-state index in [1.807, 2.05) is 0 Å². The van der Waals surface area contributed by atoms with Crippen LogP contribution in [0.15, 0.2) is 54.6 Å². The molecule has 0 bridgehead atoms. The van der Waals surface area contributed by atoms with Crippen LogP contribution in [0, 0.1) is 0 Å². The number of ether oxygens (including phenoxy) is 1. The van der Waals surface area contributed by atoms with Crippen molar-refractivity contribution in [3.8, 4) is 0 Å². The van der Waals surface area contributed by atoms with Gasteiger partial charge in [-0.05, 0) is 29.7 Å². The van der Waals surface area contributed by atoms with Gasteiger partial charge in [0.2, 0.25) is 0 Å². The second kappa shape index (κ2) is 6.21. The summed E-state index contributed by atoms with van der Waals surface area (Å²) in [6.45, 7) is 1.77. The van der Waals surface area contributed by atoms with Crippen LogP contribution in [-0.4, -0.2) is 13.7 Å². The van der Waals surface area contributed by atoms with Gasteiger partial charge >= 0.3 is 0 Å². The molecule has 2 heteroatoms. The number of hydrogen-bond donors (Lipinski definition) is 1. The quantitative estimate of drug-likeness (QED) is 0.913. The molecule has 1 N–H and O–H groups in total. The van der Waals surface area contributed by atoms with Gasteiger partial charge in [0.15, 0.2) is 0 Å². The monoisotopic (exact) mass is 267 g/mol. The Morgan fingerprint density at radius 1 is 1.00 bits per heavy atom. The van der Waals surface area contributed by atoms with Gasteiger partial charge in [0.25, 0.3) is 0 Å². The zero-order valence-corrected chi connectivity index (χ0v) is 11.9. The van der Waals surface area contributed by atoms with Gasteiger partial charge in [-0.1, -0.05) is 54.6 Å². The van der Waals surface area contributed by atoms with Gasteiger partial charge in [-0.15, -0.1) is 0 Å². The average molecular weight is 267 g/mol. The number of methoxy groups -OCH3 is 1. The summed E-state index contributed by atoms with van der Waals surface area (Å²) in [7, 11) is 1.74. The molecule has 0 aromatic heterocycles. The maximum atomic E-state index is 5.17. The molecule has 3 rings (SSSR count). The highest BCUT2D eigenvalue weighted by Gasteiger charge is 2.29. The largest absolute Gasteiger partial charge is 0.380 e. The van der Waals surface area contributed by atoms with Crippen molar-refractivity contribution in [2.24, 2.45) is 0 Å². The van der Waals surface area contributed by atoms with E-state index in [4.69, 9.17) is 4.74 Å². The van der Waals surface area contributed by atoms with E-state index in [1.165, 1.54) is 23.1 Å². The van der Waals surface area contributed by atoms with Gasteiger partial charge in [-0.25, -0.2) is 0 Å². The van der Waals surface area contributed by atoms with E-state index in [2.05, 4.69) is 59.9 Å². The standard InChI is InChI=1S/C18H21NO/c1-20-13-14-7-9-15(10-8-14)17-11-12-19-18(17)16-5-3-2-4-6-16/h2-10,17-19H,11-13H2,1H3. The highest BCUT2D eigenvalue weighted by molar-refractivity contribution is 5.31. The molecule has 2 aromatic rings. The predicted molar refractivity (Wildman–Crippen MR) is 81.7 cm³/mol. The molecule has 2 atom stereocenters. The molecule has 20 heavy (non-hydrogen) atoms. The average Bonchev–Trinajstić information content (AvgIpc) is 2.99. The Hall–Kier alpha value is -1.64. The Morgan fingerprint density at radius 3 is 2.45 bits per heavy atom. The van der Waals surface area contributed by atoms with Crippen LogP contribution in [0.5, 0.6) is 0 Å². The van der Waals surface area contributed by atoms with Crippen molar-refractivity contribution in [1.82, 2.24) is 5.32 Å². The first-order valence-corrected chi connectivity index (χ1v) is 7.24. The molecule has 0 spiro atoms. The summed E-state index contributed by atoms with van der Waals surface area (Å²) in [5.74, 6) is 0.564. The Kier molecular flexibility index (Phi) is 4.14. The van der Waals surface area contributed by atoms with E-state index in [-0.39, 0.29) is 0 Å². The Balaban J connectivity index is 1.81. The lowest BCUT2D eigenvalue weighted by atomic mass is 9.87. The van der Waals surface area contributed by atoms with Crippen molar-refractivity contribution in [3.63, 3.8) is 0 Å². The van der Waals surface area contributed by atoms with Crippen molar-refractivity contribution in [2.75, 3.05) is 13.7 Å². The van der Waals surface area contributed by atoms with Gasteiger partial charge in [0, 0.05) is 19.1 Å². The van der Waals surface area contributed by atoms with Gasteiger partial charge in [-0.2, -0.15) is 0 Å². The highest BCUT2D eigenvalue weighted by atomic mass is 16.5. The van der Waals surface area contributed by atoms with E-state index in [9.17, 15) is 0 Å². The van der Waals surface area contributed by atoms with E-state index >= 15 is 0 Å². The molecule has 0 saturated carbocycles. The summed E-state index contributed by atoms with van der Waals surface area (Å²) in [4.78, 5) is 0. The smallest absolute Gasteiger partial charge is 0.0713 e. The number of rotatable bonds is 4. The zero-order valence-electron chi connectivity index (χ0n) is 11.9. The third kappa shape index (κ3) is 2.77. The molecule has 1 fully saturated rings. The van der Waals surface area contributed by atoms with Crippen LogP contribution in [-0.2, 0) is 11.3 Å². The lowest BCUT2D eigenvalue weighted by Crippen LogP contribution is -2.16. The van der Waals surface area contributed by atoms with Gasteiger partial charge < -0.3 is 10.1 Å². The molecule has 2 unspecified atom stereocenters. The molecular weight excluding hydrogens is 246 g/mol. The minimum absolute atomic E-state index is 0.435. The van der Waals surface area contributed by atoms with Crippen molar-refractivity contribution in [1.29, 1.82) is 0 Å². The summed E-state index contributed by atoms with van der Waals surface area (Å²) in [5, 5.41) is 3.64. The SMILES string of the molecule is COCc1ccc(C2CCNC2c2ccccc2)cc1. The van der Waals surface area contributed by atoms with Gasteiger partial charge in [-0.3, -0.25) is 0 Å². The first-order valence-electron chi connectivity index (χ1n) is 7.24. The second-order valence-corrected chi connectivity index (χ2v) is 5.41. The Morgan fingerprint density at radius 2 is 1.75 bits per heavy atom. The molecule has 1 aliphatic rings. The molecule has 1 aliphatic heterocycles. The van der Waals surface area contributed by atoms with E-state index < -0.39 is 0 Å². The van der Waals surface area contributed by atoms with Crippen LogP contribution in [0.2, 0.25) is 0 Å². The summed E-state index contributed by atoms with van der Waals surface area (Å²) in [6.07, 6.45) is 1.20. The number of hydrogen-bond acceptors (Lipinski definition) is 2. The maximum Gasteiger partial charge on any atom is 0.0713 e. The molecule has 104 valence electrons. The highest BCUT2D eigenvalue weighted by Crippen LogP contribution is 2.37. The first-order chi connectivity index (χ1) is 9.88. The fourth-order valence-electron chi connectivity index (χ4n) is 3.10. The minimum Gasteiger partial charge on any atom is -0.380 e. The van der Waals surface area contributed by atoms with Gasteiger partial charge in [0.1, 0.15) is 0 Å². The summed E-state index contributed by atoms with van der Waals surface area (Å²) in [6, 6.07) is 20.0. The van der Waals surface area contributed by atoms with Crippen molar-refractivity contribution >= 4 is 0 Å². The summed E-state index contributed by atoms with van der Waals surface area (Å²) < 4.78 is 5.17. The number of nitrogens with one attached hydrogen (secondary N) is 1. The normalized spacial score (nSPS) is 22.1. The fourth-order valence-corrected chi connectivity index (χ4v) is 3.10. The van der Waals surface area contributed by atoms with Crippen LogP contribution in [0.1, 0.15) is 35.1 Å². The lowest BCUT2D eigenvalue weighted by molar-refractivity contribution is 0.185. The lowest BCUT2D eigenvalue weighted by Gasteiger charge is -2.20. The molecule has 1 saturated heterocycles. The van der Waals surface area contributed by atoms with Crippen molar-refractivity contribution < 1.29 is 4.74 Å². The van der Waals surface area contributed by atoms with Crippen LogP contribution >= 0.6 is 0 Å². The summed E-state index contributed by atoms with van der Waals surface area (Å²) >= 11 is 0. The van der Waals surface area contributed by atoms with E-state index in [1.54, 1.807) is 7.11 Å². The molecule has 2 nitrogen and oxygen atoms in total. The maximum absolute atomic E-state index is 5.17. The number of benzene rings is 2. The minimum atomic E-state index is 0.435. The molecule has 0 amide bonds. The van der Waals surface area contributed by atoms with Crippen LogP contribution in [0.3, 0.4) is 0 Å². The van der Waals surface area contributed by atoms with E-state index in [0.29, 0.717) is 18.6 Å². The third-order valence-electron chi connectivity index (χ3n) is 4.10. The van der Waals surface area contributed by atoms with Crippen LogP contribution in [0.4, 0.5) is 0 Å².